The molecule has 0 aliphatic carbocycles. The highest BCUT2D eigenvalue weighted by atomic mass is 32.1. The number of hydrogen-bond donors (Lipinski definition) is 1. The molecule has 0 unspecified atom stereocenters. The Labute approximate surface area is 119 Å². The standard InChI is InChI=1S/C13H20N2O3S/c1-15(7-8-16-2)13(19)14-11-6-5-10(17-3)9-12(11)18-4/h5-6,9H,7-8H2,1-4H3,(H,14,19). The number of rotatable bonds is 6. The van der Waals surface area contributed by atoms with E-state index in [9.17, 15) is 0 Å². The van der Waals surface area contributed by atoms with Crippen LogP contribution in [0.3, 0.4) is 0 Å². The first-order chi connectivity index (χ1) is 9.12. The summed E-state index contributed by atoms with van der Waals surface area (Å²) in [5.41, 5.74) is 0.803. The summed E-state index contributed by atoms with van der Waals surface area (Å²) < 4.78 is 15.5. The second kappa shape index (κ2) is 7.81. The van der Waals surface area contributed by atoms with Crippen LogP contribution in [0.4, 0.5) is 5.69 Å². The summed E-state index contributed by atoms with van der Waals surface area (Å²) in [6.45, 7) is 1.35. The minimum Gasteiger partial charge on any atom is -0.497 e. The summed E-state index contributed by atoms with van der Waals surface area (Å²) in [7, 11) is 6.80. The van der Waals surface area contributed by atoms with Crippen LogP contribution in [0.25, 0.3) is 0 Å². The Morgan fingerprint density at radius 1 is 1.26 bits per heavy atom. The largest absolute Gasteiger partial charge is 0.497 e. The minimum absolute atomic E-state index is 0.612. The lowest BCUT2D eigenvalue weighted by Gasteiger charge is -2.21. The van der Waals surface area contributed by atoms with E-state index in [1.807, 2.05) is 24.1 Å². The number of hydrogen-bond acceptors (Lipinski definition) is 4. The molecule has 106 valence electrons. The molecule has 0 heterocycles. The van der Waals surface area contributed by atoms with Crippen LogP contribution in [-0.4, -0.2) is 51.5 Å². The highest BCUT2D eigenvalue weighted by Crippen LogP contribution is 2.29. The van der Waals surface area contributed by atoms with E-state index in [-0.39, 0.29) is 0 Å². The maximum absolute atomic E-state index is 5.31. The van der Waals surface area contributed by atoms with Crippen LogP contribution in [0.5, 0.6) is 11.5 Å². The van der Waals surface area contributed by atoms with Crippen LogP contribution in [0.1, 0.15) is 0 Å². The minimum atomic E-state index is 0.612. The number of benzene rings is 1. The fourth-order valence-corrected chi connectivity index (χ4v) is 1.64. The van der Waals surface area contributed by atoms with Crippen LogP contribution in [0.2, 0.25) is 0 Å². The van der Waals surface area contributed by atoms with E-state index in [4.69, 9.17) is 26.4 Å². The lowest BCUT2D eigenvalue weighted by atomic mass is 10.2. The summed E-state index contributed by atoms with van der Waals surface area (Å²) in [5.74, 6) is 1.42. The van der Waals surface area contributed by atoms with Gasteiger partial charge in [-0.3, -0.25) is 0 Å². The molecule has 0 bridgehead atoms. The number of thiocarbonyl (C=S) groups is 1. The predicted octanol–water partition coefficient (Wildman–Crippen LogP) is 1.98. The molecule has 19 heavy (non-hydrogen) atoms. The van der Waals surface area contributed by atoms with Crippen molar-refractivity contribution in [1.82, 2.24) is 4.90 Å². The van der Waals surface area contributed by atoms with Gasteiger partial charge in [-0.1, -0.05) is 0 Å². The highest BCUT2D eigenvalue weighted by molar-refractivity contribution is 7.80. The van der Waals surface area contributed by atoms with Gasteiger partial charge in [0.2, 0.25) is 0 Å². The van der Waals surface area contributed by atoms with Crippen molar-refractivity contribution >= 4 is 23.0 Å². The van der Waals surface area contributed by atoms with Crippen molar-refractivity contribution in [2.45, 2.75) is 0 Å². The van der Waals surface area contributed by atoms with E-state index in [0.717, 1.165) is 18.0 Å². The molecule has 0 aromatic heterocycles. The Hall–Kier alpha value is -1.53. The summed E-state index contributed by atoms with van der Waals surface area (Å²) >= 11 is 5.31. The van der Waals surface area contributed by atoms with Gasteiger partial charge in [0, 0.05) is 26.8 Å². The van der Waals surface area contributed by atoms with E-state index < -0.39 is 0 Å². The molecule has 5 nitrogen and oxygen atoms in total. The molecular weight excluding hydrogens is 264 g/mol. The first kappa shape index (κ1) is 15.5. The molecule has 0 saturated carbocycles. The lowest BCUT2D eigenvalue weighted by molar-refractivity contribution is 0.183. The van der Waals surface area contributed by atoms with Crippen LogP contribution in [0, 0.1) is 0 Å². The molecule has 1 aromatic rings. The molecule has 0 saturated heterocycles. The molecule has 0 fully saturated rings. The van der Waals surface area contributed by atoms with Crippen molar-refractivity contribution in [3.05, 3.63) is 18.2 Å². The number of nitrogens with zero attached hydrogens (tertiary/aromatic N) is 1. The third-order valence-corrected chi connectivity index (χ3v) is 3.04. The molecule has 1 aromatic carbocycles. The summed E-state index contributed by atoms with van der Waals surface area (Å²) in [4.78, 5) is 1.91. The maximum atomic E-state index is 5.31. The predicted molar refractivity (Wildman–Crippen MR) is 80.3 cm³/mol. The number of nitrogens with one attached hydrogen (secondary N) is 1. The molecule has 0 amide bonds. The van der Waals surface area contributed by atoms with Crippen molar-refractivity contribution in [2.24, 2.45) is 0 Å². The summed E-state index contributed by atoms with van der Waals surface area (Å²) in [6, 6.07) is 5.52. The zero-order valence-corrected chi connectivity index (χ0v) is 12.5. The molecule has 1 N–H and O–H groups in total. The van der Waals surface area contributed by atoms with Crippen molar-refractivity contribution in [3.8, 4) is 11.5 Å². The molecule has 0 aliphatic rings. The highest BCUT2D eigenvalue weighted by Gasteiger charge is 2.09. The Balaban J connectivity index is 2.73. The normalized spacial score (nSPS) is 9.89. The average molecular weight is 284 g/mol. The zero-order valence-electron chi connectivity index (χ0n) is 11.7. The topological polar surface area (TPSA) is 43.0 Å². The first-order valence-electron chi connectivity index (χ1n) is 5.85. The molecular formula is C13H20N2O3S. The quantitative estimate of drug-likeness (QED) is 0.806. The van der Waals surface area contributed by atoms with Crippen LogP contribution in [-0.2, 0) is 4.74 Å². The molecule has 0 radical (unpaired) electrons. The van der Waals surface area contributed by atoms with Crippen LogP contribution < -0.4 is 14.8 Å². The zero-order chi connectivity index (χ0) is 14.3. The summed E-state index contributed by atoms with van der Waals surface area (Å²) in [5, 5.41) is 3.75. The van der Waals surface area contributed by atoms with Crippen LogP contribution >= 0.6 is 12.2 Å². The molecule has 6 heteroatoms. The van der Waals surface area contributed by atoms with Crippen molar-refractivity contribution in [2.75, 3.05) is 46.8 Å². The van der Waals surface area contributed by atoms with Gasteiger partial charge in [-0.05, 0) is 24.4 Å². The van der Waals surface area contributed by atoms with Gasteiger partial charge in [-0.15, -0.1) is 0 Å². The molecule has 0 atom stereocenters. The van der Waals surface area contributed by atoms with Gasteiger partial charge in [-0.2, -0.15) is 0 Å². The second-order valence-corrected chi connectivity index (χ2v) is 4.30. The Morgan fingerprint density at radius 2 is 2.00 bits per heavy atom. The van der Waals surface area contributed by atoms with Gasteiger partial charge in [0.05, 0.1) is 26.5 Å². The first-order valence-corrected chi connectivity index (χ1v) is 6.26. The number of anilines is 1. The van der Waals surface area contributed by atoms with Gasteiger partial charge < -0.3 is 24.4 Å². The average Bonchev–Trinajstić information content (AvgIpc) is 2.44. The van der Waals surface area contributed by atoms with Crippen molar-refractivity contribution < 1.29 is 14.2 Å². The fraction of sp³-hybridized carbons (Fsp3) is 0.462. The third-order valence-electron chi connectivity index (χ3n) is 2.63. The Morgan fingerprint density at radius 3 is 2.58 bits per heavy atom. The smallest absolute Gasteiger partial charge is 0.173 e. The van der Waals surface area contributed by atoms with Gasteiger partial charge >= 0.3 is 0 Å². The molecule has 0 spiro atoms. The third kappa shape index (κ3) is 4.57. The Bertz CT molecular complexity index is 426. The van der Waals surface area contributed by atoms with Gasteiger partial charge in [0.1, 0.15) is 11.5 Å². The van der Waals surface area contributed by atoms with E-state index in [1.54, 1.807) is 27.4 Å². The molecule has 0 aliphatic heterocycles. The lowest BCUT2D eigenvalue weighted by Crippen LogP contribution is -2.33. The fourth-order valence-electron chi connectivity index (χ4n) is 1.44. The molecule has 1 rings (SSSR count). The van der Waals surface area contributed by atoms with Crippen molar-refractivity contribution in [1.29, 1.82) is 0 Å². The maximum Gasteiger partial charge on any atom is 0.173 e. The van der Waals surface area contributed by atoms with E-state index >= 15 is 0 Å². The number of methoxy groups -OCH3 is 3. The Kier molecular flexibility index (Phi) is 6.38. The van der Waals surface area contributed by atoms with Gasteiger partial charge in [0.15, 0.2) is 5.11 Å². The van der Waals surface area contributed by atoms with E-state index in [1.165, 1.54) is 0 Å². The van der Waals surface area contributed by atoms with Crippen molar-refractivity contribution in [3.63, 3.8) is 0 Å². The summed E-state index contributed by atoms with van der Waals surface area (Å²) in [6.07, 6.45) is 0. The van der Waals surface area contributed by atoms with E-state index in [0.29, 0.717) is 17.5 Å². The van der Waals surface area contributed by atoms with E-state index in [2.05, 4.69) is 5.32 Å². The SMILES string of the molecule is COCCN(C)C(=S)Nc1ccc(OC)cc1OC. The van der Waals surface area contributed by atoms with Gasteiger partial charge in [0.25, 0.3) is 0 Å². The van der Waals surface area contributed by atoms with Gasteiger partial charge in [-0.25, -0.2) is 0 Å². The van der Waals surface area contributed by atoms with Crippen LogP contribution in [0.15, 0.2) is 18.2 Å². The number of ether oxygens (including phenoxy) is 3. The second-order valence-electron chi connectivity index (χ2n) is 3.91. The number of likely N-dealkylation sites (N-methyl/N-ethyl adjacent to an activating group) is 1. The monoisotopic (exact) mass is 284 g/mol.